The van der Waals surface area contributed by atoms with Crippen LogP contribution in [0, 0.1) is 0 Å². The van der Waals surface area contributed by atoms with Gasteiger partial charge in [-0.15, -0.1) is 0 Å². The molecule has 0 heterocycles. The third kappa shape index (κ3) is 53.3. The SMILES string of the molecule is CCCCC/C=C\C/C=C\CCCCCCCCCC(=O)OCCCCCC/C=C\CCCC(=O)NC(CO)C(O)CCCCCCCCCCCCCCCCCCCCCCCCCC. The van der Waals surface area contributed by atoms with Crippen LogP contribution >= 0.6 is 0 Å². The molecule has 0 bridgehead atoms. The summed E-state index contributed by atoms with van der Waals surface area (Å²) in [6.07, 6.45) is 70.1. The van der Waals surface area contributed by atoms with Crippen molar-refractivity contribution >= 4 is 11.9 Å². The van der Waals surface area contributed by atoms with Gasteiger partial charge in [0.1, 0.15) is 0 Å². The monoisotopic (exact) mass is 942 g/mol. The molecular weight excluding hydrogens is 827 g/mol. The van der Waals surface area contributed by atoms with Crippen LogP contribution in [0.2, 0.25) is 0 Å². The quantitative estimate of drug-likeness (QED) is 0.0321. The molecule has 0 aliphatic carbocycles. The van der Waals surface area contributed by atoms with E-state index < -0.39 is 12.1 Å². The number of allylic oxidation sites excluding steroid dienone is 6. The van der Waals surface area contributed by atoms with E-state index in [0.29, 0.717) is 25.9 Å². The standard InChI is InChI=1S/C61H115NO5/c1-3-5-7-9-11-13-15-17-19-21-22-23-24-25-26-27-29-30-32-34-37-41-45-49-53-59(64)58(57-63)62-60(65)54-50-46-42-38-36-40-44-48-52-56-67-61(66)55-51-47-43-39-35-33-31-28-20-18-16-14-12-10-8-6-4-2/h12,14,18,20,38,42,58-59,63-64H,3-11,13,15-17,19,21-37,39-41,43-57H2,1-2H3,(H,62,65)/b14-12-,20-18-,42-38-. The third-order valence-electron chi connectivity index (χ3n) is 13.7. The number of hydrogen-bond donors (Lipinski definition) is 3. The fourth-order valence-corrected chi connectivity index (χ4v) is 9.09. The van der Waals surface area contributed by atoms with E-state index in [2.05, 4.69) is 55.6 Å². The summed E-state index contributed by atoms with van der Waals surface area (Å²) in [4.78, 5) is 24.6. The highest BCUT2D eigenvalue weighted by atomic mass is 16.5. The van der Waals surface area contributed by atoms with E-state index in [-0.39, 0.29) is 18.5 Å². The van der Waals surface area contributed by atoms with Gasteiger partial charge < -0.3 is 20.3 Å². The van der Waals surface area contributed by atoms with Crippen molar-refractivity contribution < 1.29 is 24.5 Å². The first-order valence-corrected chi connectivity index (χ1v) is 29.7. The third-order valence-corrected chi connectivity index (χ3v) is 13.7. The topological polar surface area (TPSA) is 95.9 Å². The Balaban J connectivity index is 3.51. The smallest absolute Gasteiger partial charge is 0.305 e. The minimum Gasteiger partial charge on any atom is -0.466 e. The Kier molecular flexibility index (Phi) is 55.0. The van der Waals surface area contributed by atoms with Crippen LogP contribution in [-0.2, 0) is 14.3 Å². The van der Waals surface area contributed by atoms with Gasteiger partial charge >= 0.3 is 5.97 Å². The maximum atomic E-state index is 12.5. The number of nitrogens with one attached hydrogen (secondary N) is 1. The average Bonchev–Trinajstić information content (AvgIpc) is 3.33. The van der Waals surface area contributed by atoms with Crippen molar-refractivity contribution in [3.8, 4) is 0 Å². The second kappa shape index (κ2) is 56.7. The zero-order valence-electron chi connectivity index (χ0n) is 44.9. The predicted molar refractivity (Wildman–Crippen MR) is 292 cm³/mol. The molecule has 2 unspecified atom stereocenters. The normalized spacial score (nSPS) is 12.8. The molecule has 3 N–H and O–H groups in total. The molecule has 0 fully saturated rings. The summed E-state index contributed by atoms with van der Waals surface area (Å²) in [6.45, 7) is 4.85. The fourth-order valence-electron chi connectivity index (χ4n) is 9.09. The van der Waals surface area contributed by atoms with Gasteiger partial charge in [-0.1, -0.05) is 262 Å². The van der Waals surface area contributed by atoms with Gasteiger partial charge in [0.2, 0.25) is 5.91 Å². The van der Waals surface area contributed by atoms with Crippen LogP contribution in [0.15, 0.2) is 36.5 Å². The maximum absolute atomic E-state index is 12.5. The largest absolute Gasteiger partial charge is 0.466 e. The summed E-state index contributed by atoms with van der Waals surface area (Å²) >= 11 is 0. The molecule has 67 heavy (non-hydrogen) atoms. The van der Waals surface area contributed by atoms with Crippen LogP contribution < -0.4 is 5.32 Å². The highest BCUT2D eigenvalue weighted by molar-refractivity contribution is 5.76. The highest BCUT2D eigenvalue weighted by Gasteiger charge is 2.20. The number of aliphatic hydroxyl groups is 2. The van der Waals surface area contributed by atoms with Crippen molar-refractivity contribution in [2.24, 2.45) is 0 Å². The molecule has 1 amide bonds. The van der Waals surface area contributed by atoms with Gasteiger partial charge in [-0.2, -0.15) is 0 Å². The number of esters is 1. The van der Waals surface area contributed by atoms with Crippen LogP contribution in [0.4, 0.5) is 0 Å². The molecule has 0 aliphatic rings. The molecular formula is C61H115NO5. The van der Waals surface area contributed by atoms with Crippen molar-refractivity contribution in [2.75, 3.05) is 13.2 Å². The van der Waals surface area contributed by atoms with Gasteiger partial charge in [-0.3, -0.25) is 9.59 Å². The van der Waals surface area contributed by atoms with E-state index in [1.54, 1.807) is 0 Å². The lowest BCUT2D eigenvalue weighted by Crippen LogP contribution is -2.45. The van der Waals surface area contributed by atoms with Crippen LogP contribution in [-0.4, -0.2) is 47.4 Å². The minimum absolute atomic E-state index is 0.0427. The van der Waals surface area contributed by atoms with Crippen LogP contribution in [0.5, 0.6) is 0 Å². The number of aliphatic hydroxyl groups excluding tert-OH is 2. The predicted octanol–water partition coefficient (Wildman–Crippen LogP) is 18.4. The van der Waals surface area contributed by atoms with Crippen molar-refractivity contribution in [3.63, 3.8) is 0 Å². The molecule has 6 heteroatoms. The summed E-state index contributed by atoms with van der Waals surface area (Å²) in [5, 5.41) is 23.3. The molecule has 0 radical (unpaired) electrons. The molecule has 0 rings (SSSR count). The lowest BCUT2D eigenvalue weighted by atomic mass is 10.0. The maximum Gasteiger partial charge on any atom is 0.305 e. The van der Waals surface area contributed by atoms with Gasteiger partial charge in [-0.05, 0) is 77.0 Å². The van der Waals surface area contributed by atoms with E-state index >= 15 is 0 Å². The highest BCUT2D eigenvalue weighted by Crippen LogP contribution is 2.17. The molecule has 0 saturated heterocycles. The summed E-state index contributed by atoms with van der Waals surface area (Å²) in [5.41, 5.74) is 0. The number of ether oxygens (including phenoxy) is 1. The van der Waals surface area contributed by atoms with Crippen LogP contribution in [0.3, 0.4) is 0 Å². The molecule has 0 saturated carbocycles. The van der Waals surface area contributed by atoms with Crippen molar-refractivity contribution in [1.29, 1.82) is 0 Å². The van der Waals surface area contributed by atoms with Crippen molar-refractivity contribution in [3.05, 3.63) is 36.5 Å². The first-order valence-electron chi connectivity index (χ1n) is 29.7. The summed E-state index contributed by atoms with van der Waals surface area (Å²) < 4.78 is 5.45. The number of hydrogen-bond acceptors (Lipinski definition) is 5. The van der Waals surface area contributed by atoms with Gasteiger partial charge in [0, 0.05) is 12.8 Å². The van der Waals surface area contributed by atoms with Gasteiger partial charge in [0.25, 0.3) is 0 Å². The molecule has 2 atom stereocenters. The first-order chi connectivity index (χ1) is 33.0. The average molecular weight is 943 g/mol. The number of amides is 1. The molecule has 394 valence electrons. The molecule has 0 aromatic heterocycles. The molecule has 0 spiro atoms. The van der Waals surface area contributed by atoms with Crippen molar-refractivity contribution in [2.45, 2.75) is 328 Å². The summed E-state index contributed by atoms with van der Waals surface area (Å²) in [6, 6.07) is -0.582. The van der Waals surface area contributed by atoms with E-state index in [1.807, 2.05) is 0 Å². The van der Waals surface area contributed by atoms with E-state index in [4.69, 9.17) is 4.74 Å². The Labute approximate surface area is 417 Å². The Morgan fingerprint density at radius 2 is 0.761 bits per heavy atom. The second-order valence-corrected chi connectivity index (χ2v) is 20.3. The van der Waals surface area contributed by atoms with E-state index in [9.17, 15) is 19.8 Å². The Hall–Kier alpha value is -1.92. The van der Waals surface area contributed by atoms with E-state index in [1.165, 1.54) is 205 Å². The number of carbonyl (C=O) groups excluding carboxylic acids is 2. The van der Waals surface area contributed by atoms with Gasteiger partial charge in [-0.25, -0.2) is 0 Å². The number of carbonyl (C=O) groups is 2. The van der Waals surface area contributed by atoms with Crippen LogP contribution in [0.25, 0.3) is 0 Å². The Morgan fingerprint density at radius 3 is 1.21 bits per heavy atom. The zero-order chi connectivity index (χ0) is 48.6. The second-order valence-electron chi connectivity index (χ2n) is 20.3. The minimum atomic E-state index is -0.698. The fraction of sp³-hybridized carbons (Fsp3) is 0.869. The lowest BCUT2D eigenvalue weighted by molar-refractivity contribution is -0.143. The van der Waals surface area contributed by atoms with E-state index in [0.717, 1.165) is 77.0 Å². The van der Waals surface area contributed by atoms with Crippen LogP contribution in [0.1, 0.15) is 316 Å². The van der Waals surface area contributed by atoms with Gasteiger partial charge in [0.05, 0.1) is 25.4 Å². The van der Waals surface area contributed by atoms with Crippen molar-refractivity contribution in [1.82, 2.24) is 5.32 Å². The lowest BCUT2D eigenvalue weighted by Gasteiger charge is -2.22. The van der Waals surface area contributed by atoms with Gasteiger partial charge in [0.15, 0.2) is 0 Å². The Morgan fingerprint density at radius 1 is 0.418 bits per heavy atom. The molecule has 6 nitrogen and oxygen atoms in total. The molecule has 0 aliphatic heterocycles. The number of unbranched alkanes of at least 4 members (excludes halogenated alkanes) is 38. The summed E-state index contributed by atoms with van der Waals surface area (Å²) in [7, 11) is 0. The number of rotatable bonds is 55. The Bertz CT molecular complexity index is 1090. The zero-order valence-corrected chi connectivity index (χ0v) is 44.9. The molecule has 0 aromatic rings. The molecule has 0 aromatic carbocycles. The first kappa shape index (κ1) is 65.1. The summed E-state index contributed by atoms with van der Waals surface area (Å²) in [5.74, 6) is -0.136.